The van der Waals surface area contributed by atoms with E-state index in [-0.39, 0.29) is 0 Å². The van der Waals surface area contributed by atoms with Crippen LogP contribution in [0, 0.1) is 34.6 Å². The molecule has 4 nitrogen and oxygen atoms in total. The standard InChI is InChI=1S/C19H24N2O2/c1-7-17(21-22)16-10-14(5)20-19(15(16)6)23-18-12(3)8-11(2)9-13(18)4/h8-10,22H,7H2,1-6H3. The fraction of sp³-hybridized carbons (Fsp3) is 0.368. The third-order valence-electron chi connectivity index (χ3n) is 3.93. The van der Waals surface area contributed by atoms with Gasteiger partial charge in [-0.25, -0.2) is 4.98 Å². The molecule has 1 heterocycles. The Labute approximate surface area is 137 Å². The van der Waals surface area contributed by atoms with E-state index in [1.54, 1.807) is 0 Å². The molecule has 2 aromatic rings. The van der Waals surface area contributed by atoms with E-state index in [9.17, 15) is 5.21 Å². The van der Waals surface area contributed by atoms with Gasteiger partial charge in [0.25, 0.3) is 0 Å². The molecular weight excluding hydrogens is 288 g/mol. The van der Waals surface area contributed by atoms with Gasteiger partial charge in [-0.05, 0) is 58.2 Å². The fourth-order valence-electron chi connectivity index (χ4n) is 2.85. The highest BCUT2D eigenvalue weighted by Crippen LogP contribution is 2.32. The zero-order valence-corrected chi connectivity index (χ0v) is 14.7. The molecule has 0 saturated carbocycles. The molecule has 1 aromatic heterocycles. The van der Waals surface area contributed by atoms with Crippen molar-refractivity contribution in [1.29, 1.82) is 0 Å². The van der Waals surface area contributed by atoms with Gasteiger partial charge in [0.15, 0.2) is 0 Å². The number of benzene rings is 1. The average molecular weight is 312 g/mol. The first-order valence-electron chi connectivity index (χ1n) is 7.82. The van der Waals surface area contributed by atoms with E-state index in [0.717, 1.165) is 33.7 Å². The van der Waals surface area contributed by atoms with Gasteiger partial charge in [0.1, 0.15) is 5.75 Å². The first-order valence-corrected chi connectivity index (χ1v) is 7.82. The molecule has 1 N–H and O–H groups in total. The zero-order chi connectivity index (χ0) is 17.1. The van der Waals surface area contributed by atoms with Crippen LogP contribution < -0.4 is 4.74 Å². The first kappa shape index (κ1) is 17.0. The summed E-state index contributed by atoms with van der Waals surface area (Å²) >= 11 is 0. The molecule has 0 aliphatic heterocycles. The largest absolute Gasteiger partial charge is 0.438 e. The zero-order valence-electron chi connectivity index (χ0n) is 14.7. The minimum absolute atomic E-state index is 0.560. The van der Waals surface area contributed by atoms with E-state index < -0.39 is 0 Å². The summed E-state index contributed by atoms with van der Waals surface area (Å²) in [6.07, 6.45) is 0.642. The van der Waals surface area contributed by atoms with Crippen molar-refractivity contribution in [1.82, 2.24) is 4.98 Å². The Hall–Kier alpha value is -2.36. The highest BCUT2D eigenvalue weighted by atomic mass is 16.5. The van der Waals surface area contributed by atoms with Gasteiger partial charge in [-0.15, -0.1) is 0 Å². The molecule has 0 fully saturated rings. The van der Waals surface area contributed by atoms with Crippen LogP contribution in [0.5, 0.6) is 11.6 Å². The molecule has 0 aliphatic rings. The smallest absolute Gasteiger partial charge is 0.223 e. The van der Waals surface area contributed by atoms with Gasteiger partial charge < -0.3 is 9.94 Å². The number of hydrogen-bond donors (Lipinski definition) is 1. The molecular formula is C19H24N2O2. The molecule has 0 unspecified atom stereocenters. The average Bonchev–Trinajstić information content (AvgIpc) is 2.48. The lowest BCUT2D eigenvalue weighted by atomic mass is 10.0. The van der Waals surface area contributed by atoms with Gasteiger partial charge in [-0.1, -0.05) is 29.8 Å². The van der Waals surface area contributed by atoms with Crippen LogP contribution in [0.2, 0.25) is 0 Å². The van der Waals surface area contributed by atoms with E-state index in [2.05, 4.69) is 29.2 Å². The van der Waals surface area contributed by atoms with Crippen LogP contribution in [0.4, 0.5) is 0 Å². The van der Waals surface area contributed by atoms with Crippen molar-refractivity contribution in [3.8, 4) is 11.6 Å². The number of hydrogen-bond acceptors (Lipinski definition) is 4. The molecule has 1 aromatic carbocycles. The predicted molar refractivity (Wildman–Crippen MR) is 93.1 cm³/mol. The minimum atomic E-state index is 0.560. The number of rotatable bonds is 4. The van der Waals surface area contributed by atoms with Crippen LogP contribution in [0.3, 0.4) is 0 Å². The molecule has 0 radical (unpaired) electrons. The number of pyridine rings is 1. The van der Waals surface area contributed by atoms with Gasteiger partial charge in [0, 0.05) is 16.8 Å². The minimum Gasteiger partial charge on any atom is -0.438 e. The lowest BCUT2D eigenvalue weighted by molar-refractivity contribution is 0.318. The molecule has 0 amide bonds. The van der Waals surface area contributed by atoms with Crippen molar-refractivity contribution >= 4 is 5.71 Å². The Morgan fingerprint density at radius 1 is 1.09 bits per heavy atom. The Morgan fingerprint density at radius 3 is 2.22 bits per heavy atom. The molecule has 0 bridgehead atoms. The van der Waals surface area contributed by atoms with Gasteiger partial charge in [-0.2, -0.15) is 0 Å². The molecule has 23 heavy (non-hydrogen) atoms. The quantitative estimate of drug-likeness (QED) is 0.491. The number of aryl methyl sites for hydroxylation is 4. The third kappa shape index (κ3) is 3.52. The summed E-state index contributed by atoms with van der Waals surface area (Å²) in [7, 11) is 0. The monoisotopic (exact) mass is 312 g/mol. The summed E-state index contributed by atoms with van der Waals surface area (Å²) in [4.78, 5) is 4.53. The summed E-state index contributed by atoms with van der Waals surface area (Å²) < 4.78 is 6.14. The third-order valence-corrected chi connectivity index (χ3v) is 3.93. The number of aromatic nitrogens is 1. The predicted octanol–water partition coefficient (Wildman–Crippen LogP) is 5.00. The van der Waals surface area contributed by atoms with E-state index in [1.165, 1.54) is 5.56 Å². The van der Waals surface area contributed by atoms with Crippen molar-refractivity contribution in [2.24, 2.45) is 5.16 Å². The lowest BCUT2D eigenvalue weighted by Gasteiger charge is -2.16. The molecule has 0 atom stereocenters. The summed E-state index contributed by atoms with van der Waals surface area (Å²) in [6.45, 7) is 12.0. The van der Waals surface area contributed by atoms with Gasteiger partial charge >= 0.3 is 0 Å². The molecule has 0 aliphatic carbocycles. The van der Waals surface area contributed by atoms with E-state index in [0.29, 0.717) is 18.0 Å². The molecule has 0 spiro atoms. The van der Waals surface area contributed by atoms with Gasteiger partial charge in [0.2, 0.25) is 5.88 Å². The summed E-state index contributed by atoms with van der Waals surface area (Å²) in [5, 5.41) is 12.6. The van der Waals surface area contributed by atoms with E-state index >= 15 is 0 Å². The Balaban J connectivity index is 2.54. The second-order valence-electron chi connectivity index (χ2n) is 5.97. The Bertz CT molecular complexity index is 741. The van der Waals surface area contributed by atoms with Crippen LogP contribution in [-0.2, 0) is 0 Å². The molecule has 122 valence electrons. The van der Waals surface area contributed by atoms with Crippen molar-refractivity contribution in [2.45, 2.75) is 48.0 Å². The van der Waals surface area contributed by atoms with Gasteiger partial charge in [-0.3, -0.25) is 0 Å². The maximum atomic E-state index is 9.22. The summed E-state index contributed by atoms with van der Waals surface area (Å²) in [6, 6.07) is 6.12. The van der Waals surface area contributed by atoms with Crippen molar-refractivity contribution < 1.29 is 9.94 Å². The van der Waals surface area contributed by atoms with E-state index in [4.69, 9.17) is 4.74 Å². The second kappa shape index (κ2) is 6.82. The number of nitrogens with zero attached hydrogens (tertiary/aromatic N) is 2. The summed E-state index contributed by atoms with van der Waals surface area (Å²) in [5.74, 6) is 1.39. The van der Waals surface area contributed by atoms with Crippen molar-refractivity contribution in [3.05, 3.63) is 51.7 Å². The van der Waals surface area contributed by atoms with Crippen LogP contribution in [0.25, 0.3) is 0 Å². The SMILES string of the molecule is CCC(=NO)c1cc(C)nc(Oc2c(C)cc(C)cc2C)c1C. The van der Waals surface area contributed by atoms with Crippen LogP contribution in [0.15, 0.2) is 23.4 Å². The number of ether oxygens (including phenoxy) is 1. The highest BCUT2D eigenvalue weighted by Gasteiger charge is 2.15. The number of oxime groups is 1. The van der Waals surface area contributed by atoms with Crippen LogP contribution in [-0.4, -0.2) is 15.9 Å². The van der Waals surface area contributed by atoms with E-state index in [1.807, 2.05) is 40.7 Å². The highest BCUT2D eigenvalue weighted by molar-refractivity contribution is 6.01. The topological polar surface area (TPSA) is 54.7 Å². The first-order chi connectivity index (χ1) is 10.9. The van der Waals surface area contributed by atoms with Crippen LogP contribution >= 0.6 is 0 Å². The molecule has 2 rings (SSSR count). The molecule has 4 heteroatoms. The maximum Gasteiger partial charge on any atom is 0.223 e. The molecule has 0 saturated heterocycles. The normalized spacial score (nSPS) is 11.7. The van der Waals surface area contributed by atoms with Crippen molar-refractivity contribution in [2.75, 3.05) is 0 Å². The Kier molecular flexibility index (Phi) is 5.04. The second-order valence-corrected chi connectivity index (χ2v) is 5.97. The van der Waals surface area contributed by atoms with Crippen LogP contribution in [0.1, 0.15) is 46.9 Å². The van der Waals surface area contributed by atoms with Crippen molar-refractivity contribution in [3.63, 3.8) is 0 Å². The maximum absolute atomic E-state index is 9.22. The summed E-state index contributed by atoms with van der Waals surface area (Å²) in [5.41, 5.74) is 6.59. The fourth-order valence-corrected chi connectivity index (χ4v) is 2.85. The Morgan fingerprint density at radius 2 is 1.70 bits per heavy atom. The van der Waals surface area contributed by atoms with Gasteiger partial charge in [0.05, 0.1) is 5.71 Å². The lowest BCUT2D eigenvalue weighted by Crippen LogP contribution is -2.06.